The number of nitrogens with one attached hydrogen (secondary N) is 2. The molecule has 1 aliphatic carbocycles. The third kappa shape index (κ3) is 4.34. The molecule has 0 atom stereocenters. The van der Waals surface area contributed by atoms with Crippen LogP contribution in [0, 0.1) is 0 Å². The number of carbonyl (C=O) groups excluding carboxylic acids is 1. The summed E-state index contributed by atoms with van der Waals surface area (Å²) in [6.45, 7) is 0. The number of carbonyl (C=O) groups is 1. The average molecular weight is 374 g/mol. The van der Waals surface area contributed by atoms with Gasteiger partial charge in [0.05, 0.1) is 5.75 Å². The molecule has 2 heterocycles. The van der Waals surface area contributed by atoms with Crippen LogP contribution in [0.2, 0.25) is 0 Å². The zero-order valence-electron chi connectivity index (χ0n) is 13.0. The quantitative estimate of drug-likeness (QED) is 0.608. The first kappa shape index (κ1) is 16.0. The van der Waals surface area contributed by atoms with E-state index < -0.39 is 0 Å². The zero-order chi connectivity index (χ0) is 17.1. The monoisotopic (exact) mass is 374 g/mol. The summed E-state index contributed by atoms with van der Waals surface area (Å²) in [5.41, 5.74) is 0.800. The van der Waals surface area contributed by atoms with Gasteiger partial charge in [-0.3, -0.25) is 10.1 Å². The maximum atomic E-state index is 12.0. The van der Waals surface area contributed by atoms with E-state index in [1.165, 1.54) is 35.9 Å². The summed E-state index contributed by atoms with van der Waals surface area (Å²) >= 11 is 2.77. The van der Waals surface area contributed by atoms with Crippen molar-refractivity contribution in [3.8, 4) is 11.5 Å². The summed E-state index contributed by atoms with van der Waals surface area (Å²) in [5.74, 6) is 0.324. The van der Waals surface area contributed by atoms with E-state index in [0.29, 0.717) is 11.9 Å². The molecule has 1 aliphatic rings. The normalized spacial score (nSPS) is 13.6. The van der Waals surface area contributed by atoms with Crippen LogP contribution < -0.4 is 10.6 Å². The lowest BCUT2D eigenvalue weighted by Crippen LogP contribution is -2.14. The molecule has 8 nitrogen and oxygen atoms in total. The van der Waals surface area contributed by atoms with E-state index >= 15 is 0 Å². The van der Waals surface area contributed by atoms with E-state index in [0.717, 1.165) is 15.0 Å². The molecule has 128 valence electrons. The van der Waals surface area contributed by atoms with Gasteiger partial charge in [0, 0.05) is 11.6 Å². The fraction of sp³-hybridized carbons (Fsp3) is 0.267. The maximum absolute atomic E-state index is 12.0. The molecule has 1 fully saturated rings. The second kappa shape index (κ2) is 7.19. The highest BCUT2D eigenvalue weighted by Crippen LogP contribution is 2.30. The number of hydrogen-bond acceptors (Lipinski definition) is 9. The number of hydrogen-bond donors (Lipinski definition) is 2. The molecule has 0 spiro atoms. The van der Waals surface area contributed by atoms with Gasteiger partial charge in [0.2, 0.25) is 16.9 Å². The van der Waals surface area contributed by atoms with Crippen LogP contribution in [0.4, 0.5) is 11.1 Å². The molecule has 2 N–H and O–H groups in total. The second-order valence-electron chi connectivity index (χ2n) is 5.41. The highest BCUT2D eigenvalue weighted by Gasteiger charge is 2.22. The smallest absolute Gasteiger partial charge is 0.322 e. The van der Waals surface area contributed by atoms with Crippen LogP contribution >= 0.6 is 23.1 Å². The molecule has 0 aliphatic heterocycles. The topological polar surface area (TPSA) is 106 Å². The SMILES string of the molecule is O=C(CSc1nnc(NC2CC2)s1)Nc1nnc(-c2ccccc2)o1. The van der Waals surface area contributed by atoms with Crippen molar-refractivity contribution in [1.82, 2.24) is 20.4 Å². The molecule has 3 aromatic rings. The Bertz CT molecular complexity index is 862. The van der Waals surface area contributed by atoms with Gasteiger partial charge in [0.1, 0.15) is 0 Å². The van der Waals surface area contributed by atoms with Crippen LogP contribution in [0.3, 0.4) is 0 Å². The second-order valence-corrected chi connectivity index (χ2v) is 7.61. The van der Waals surface area contributed by atoms with E-state index in [1.54, 1.807) is 0 Å². The van der Waals surface area contributed by atoms with Crippen molar-refractivity contribution in [2.75, 3.05) is 16.4 Å². The van der Waals surface area contributed by atoms with Crippen LogP contribution in [0.5, 0.6) is 0 Å². The van der Waals surface area contributed by atoms with Gasteiger partial charge in [0.25, 0.3) is 0 Å². The van der Waals surface area contributed by atoms with Crippen LogP contribution in [0.15, 0.2) is 39.1 Å². The Morgan fingerprint density at radius 1 is 1.20 bits per heavy atom. The zero-order valence-corrected chi connectivity index (χ0v) is 14.6. The average Bonchev–Trinajstić information content (AvgIpc) is 3.13. The van der Waals surface area contributed by atoms with Crippen LogP contribution in [-0.2, 0) is 4.79 Å². The molecule has 2 aromatic heterocycles. The van der Waals surface area contributed by atoms with E-state index in [1.807, 2.05) is 30.3 Å². The van der Waals surface area contributed by atoms with Crippen molar-refractivity contribution >= 4 is 40.2 Å². The predicted molar refractivity (Wildman–Crippen MR) is 95.6 cm³/mol. The summed E-state index contributed by atoms with van der Waals surface area (Å²) in [4.78, 5) is 12.0. The molecule has 1 aromatic carbocycles. The Hall–Kier alpha value is -2.46. The van der Waals surface area contributed by atoms with Crippen LogP contribution in [-0.4, -0.2) is 38.1 Å². The van der Waals surface area contributed by atoms with Crippen molar-refractivity contribution in [2.45, 2.75) is 23.2 Å². The Balaban J connectivity index is 1.28. The minimum Gasteiger partial charge on any atom is -0.403 e. The van der Waals surface area contributed by atoms with Gasteiger partial charge in [-0.2, -0.15) is 0 Å². The molecule has 1 saturated carbocycles. The lowest BCUT2D eigenvalue weighted by molar-refractivity contribution is -0.113. The largest absolute Gasteiger partial charge is 0.403 e. The summed E-state index contributed by atoms with van der Waals surface area (Å²) < 4.78 is 6.19. The molecule has 0 unspecified atom stereocenters. The highest BCUT2D eigenvalue weighted by atomic mass is 32.2. The summed E-state index contributed by atoms with van der Waals surface area (Å²) in [6.07, 6.45) is 2.36. The highest BCUT2D eigenvalue weighted by molar-refractivity contribution is 8.01. The summed E-state index contributed by atoms with van der Waals surface area (Å²) in [6, 6.07) is 9.99. The fourth-order valence-electron chi connectivity index (χ4n) is 1.98. The molecule has 25 heavy (non-hydrogen) atoms. The molecule has 1 amide bonds. The summed E-state index contributed by atoms with van der Waals surface area (Å²) in [5, 5.41) is 22.6. The molecule has 4 rings (SSSR count). The van der Waals surface area contributed by atoms with Gasteiger partial charge in [0.15, 0.2) is 4.34 Å². The Morgan fingerprint density at radius 2 is 2.04 bits per heavy atom. The van der Waals surface area contributed by atoms with Crippen LogP contribution in [0.25, 0.3) is 11.5 Å². The lowest BCUT2D eigenvalue weighted by atomic mass is 10.2. The number of benzene rings is 1. The fourth-order valence-corrected chi connectivity index (χ4v) is 3.61. The minimum atomic E-state index is -0.236. The van der Waals surface area contributed by atoms with E-state index in [2.05, 4.69) is 31.0 Å². The number of amides is 1. The number of thioether (sulfide) groups is 1. The molecule has 0 radical (unpaired) electrons. The molecule has 0 bridgehead atoms. The lowest BCUT2D eigenvalue weighted by Gasteiger charge is -1.98. The standard InChI is InChI=1S/C15H14N6O2S2/c22-11(8-24-15-21-20-14(25-15)16-10-6-7-10)17-13-19-18-12(23-13)9-4-2-1-3-5-9/h1-5,10H,6-8H2,(H,16,20)(H,17,19,22). The van der Waals surface area contributed by atoms with Crippen molar-refractivity contribution in [2.24, 2.45) is 0 Å². The predicted octanol–water partition coefficient (Wildman–Crippen LogP) is 2.89. The first-order chi connectivity index (χ1) is 12.3. The van der Waals surface area contributed by atoms with Crippen molar-refractivity contribution < 1.29 is 9.21 Å². The first-order valence-electron chi connectivity index (χ1n) is 7.68. The van der Waals surface area contributed by atoms with Gasteiger partial charge in [-0.25, -0.2) is 0 Å². The summed E-state index contributed by atoms with van der Waals surface area (Å²) in [7, 11) is 0. The van der Waals surface area contributed by atoms with Gasteiger partial charge in [-0.05, 0) is 25.0 Å². The number of nitrogens with zero attached hydrogens (tertiary/aromatic N) is 4. The van der Waals surface area contributed by atoms with Gasteiger partial charge in [-0.15, -0.1) is 15.3 Å². The maximum Gasteiger partial charge on any atom is 0.322 e. The molecular weight excluding hydrogens is 360 g/mol. The Labute approximate surface area is 151 Å². The molecule has 0 saturated heterocycles. The molecular formula is C15H14N6O2S2. The van der Waals surface area contributed by atoms with Crippen LogP contribution in [0.1, 0.15) is 12.8 Å². The van der Waals surface area contributed by atoms with Gasteiger partial charge in [-0.1, -0.05) is 46.4 Å². The number of aromatic nitrogens is 4. The van der Waals surface area contributed by atoms with E-state index in [9.17, 15) is 4.79 Å². The number of anilines is 2. The first-order valence-corrected chi connectivity index (χ1v) is 9.48. The minimum absolute atomic E-state index is 0.0813. The third-order valence-corrected chi connectivity index (χ3v) is 5.32. The third-order valence-electron chi connectivity index (χ3n) is 3.33. The number of rotatable bonds is 7. The van der Waals surface area contributed by atoms with E-state index in [4.69, 9.17) is 4.42 Å². The van der Waals surface area contributed by atoms with E-state index in [-0.39, 0.29) is 17.7 Å². The molecule has 10 heteroatoms. The Morgan fingerprint density at radius 3 is 2.84 bits per heavy atom. The van der Waals surface area contributed by atoms with Crippen molar-refractivity contribution in [3.63, 3.8) is 0 Å². The van der Waals surface area contributed by atoms with Crippen molar-refractivity contribution in [3.05, 3.63) is 30.3 Å². The Kier molecular flexibility index (Phi) is 4.61. The van der Waals surface area contributed by atoms with Crippen molar-refractivity contribution in [1.29, 1.82) is 0 Å². The van der Waals surface area contributed by atoms with Gasteiger partial charge < -0.3 is 9.73 Å². The van der Waals surface area contributed by atoms with Gasteiger partial charge >= 0.3 is 6.01 Å².